The molecule has 26 heavy (non-hydrogen) atoms. The van der Waals surface area contributed by atoms with Gasteiger partial charge in [0.15, 0.2) is 0 Å². The van der Waals surface area contributed by atoms with Gasteiger partial charge in [-0.1, -0.05) is 31.2 Å². The highest BCUT2D eigenvalue weighted by atomic mass is 16.6. The van der Waals surface area contributed by atoms with Crippen LogP contribution in [-0.2, 0) is 35.5 Å². The fraction of sp³-hybridized carbons (Fsp3) is 0.500. The minimum atomic E-state index is -0.419. The molecule has 1 saturated heterocycles. The molecule has 0 radical (unpaired) electrons. The summed E-state index contributed by atoms with van der Waals surface area (Å²) in [4.78, 5) is 26.9. The zero-order chi connectivity index (χ0) is 18.5. The van der Waals surface area contributed by atoms with Gasteiger partial charge in [-0.15, -0.1) is 0 Å². The SMILES string of the molecule is CCOCn1c(Cc2cccc(CCC3CO3)c2)c(CC)c(=O)[nH]c1=O. The number of epoxide rings is 1. The number of aromatic amines is 1. The van der Waals surface area contributed by atoms with E-state index in [0.717, 1.165) is 30.7 Å². The van der Waals surface area contributed by atoms with E-state index < -0.39 is 5.69 Å². The number of aryl methyl sites for hydroxylation is 1. The summed E-state index contributed by atoms with van der Waals surface area (Å²) < 4.78 is 12.3. The van der Waals surface area contributed by atoms with Gasteiger partial charge in [0.05, 0.1) is 12.7 Å². The van der Waals surface area contributed by atoms with Crippen molar-refractivity contribution >= 4 is 0 Å². The number of rotatable bonds is 9. The van der Waals surface area contributed by atoms with Gasteiger partial charge in [-0.25, -0.2) is 4.79 Å². The Hall–Kier alpha value is -2.18. The van der Waals surface area contributed by atoms with Crippen LogP contribution in [0, 0.1) is 0 Å². The average molecular weight is 358 g/mol. The number of ether oxygens (including phenoxy) is 2. The Bertz CT molecular complexity index is 865. The third-order valence-electron chi connectivity index (χ3n) is 4.71. The number of nitrogens with zero attached hydrogens (tertiary/aromatic N) is 1. The molecule has 1 aromatic heterocycles. The first-order chi connectivity index (χ1) is 12.6. The smallest absolute Gasteiger partial charge is 0.330 e. The Balaban J connectivity index is 1.90. The number of H-pyrrole nitrogens is 1. The van der Waals surface area contributed by atoms with Crippen molar-refractivity contribution in [3.8, 4) is 0 Å². The highest BCUT2D eigenvalue weighted by molar-refractivity contribution is 5.30. The molecule has 0 spiro atoms. The van der Waals surface area contributed by atoms with Crippen LogP contribution in [0.4, 0.5) is 0 Å². The van der Waals surface area contributed by atoms with Crippen molar-refractivity contribution in [2.45, 2.75) is 52.4 Å². The van der Waals surface area contributed by atoms with Gasteiger partial charge in [0, 0.05) is 24.3 Å². The number of benzene rings is 1. The maximum absolute atomic E-state index is 12.3. The molecule has 1 N–H and O–H groups in total. The summed E-state index contributed by atoms with van der Waals surface area (Å²) in [5, 5.41) is 0. The molecule has 1 aromatic carbocycles. The summed E-state index contributed by atoms with van der Waals surface area (Å²) in [7, 11) is 0. The Morgan fingerprint density at radius 1 is 1.27 bits per heavy atom. The van der Waals surface area contributed by atoms with E-state index in [0.29, 0.717) is 31.1 Å². The predicted octanol–water partition coefficient (Wildman–Crippen LogP) is 2.02. The molecule has 6 nitrogen and oxygen atoms in total. The van der Waals surface area contributed by atoms with Gasteiger partial charge < -0.3 is 9.47 Å². The molecule has 2 aromatic rings. The molecular weight excluding hydrogens is 332 g/mol. The quantitative estimate of drug-likeness (QED) is 0.696. The van der Waals surface area contributed by atoms with Crippen molar-refractivity contribution in [2.75, 3.05) is 13.2 Å². The van der Waals surface area contributed by atoms with E-state index in [9.17, 15) is 9.59 Å². The molecule has 0 bridgehead atoms. The monoisotopic (exact) mass is 358 g/mol. The summed E-state index contributed by atoms with van der Waals surface area (Å²) in [6, 6.07) is 8.33. The van der Waals surface area contributed by atoms with Crippen LogP contribution in [0.1, 0.15) is 42.7 Å². The second kappa shape index (κ2) is 8.47. The molecule has 3 rings (SSSR count). The third-order valence-corrected chi connectivity index (χ3v) is 4.71. The van der Waals surface area contributed by atoms with Gasteiger partial charge in [0.2, 0.25) is 0 Å². The van der Waals surface area contributed by atoms with E-state index in [2.05, 4.69) is 17.1 Å². The van der Waals surface area contributed by atoms with E-state index >= 15 is 0 Å². The molecule has 1 atom stereocenters. The molecule has 2 heterocycles. The molecule has 1 fully saturated rings. The van der Waals surface area contributed by atoms with Crippen molar-refractivity contribution in [1.29, 1.82) is 0 Å². The summed E-state index contributed by atoms with van der Waals surface area (Å²) in [6.45, 7) is 5.33. The van der Waals surface area contributed by atoms with Crippen LogP contribution in [0.5, 0.6) is 0 Å². The molecule has 1 aliphatic rings. The lowest BCUT2D eigenvalue weighted by molar-refractivity contribution is 0.0822. The van der Waals surface area contributed by atoms with Crippen molar-refractivity contribution in [3.05, 3.63) is 67.5 Å². The minimum absolute atomic E-state index is 0.146. The lowest BCUT2D eigenvalue weighted by Gasteiger charge is -2.16. The van der Waals surface area contributed by atoms with Gasteiger partial charge in [-0.2, -0.15) is 0 Å². The van der Waals surface area contributed by atoms with Crippen molar-refractivity contribution in [1.82, 2.24) is 9.55 Å². The topological polar surface area (TPSA) is 76.6 Å². The lowest BCUT2D eigenvalue weighted by Crippen LogP contribution is -2.36. The van der Waals surface area contributed by atoms with E-state index in [1.807, 2.05) is 26.0 Å². The van der Waals surface area contributed by atoms with E-state index in [1.54, 1.807) is 0 Å². The van der Waals surface area contributed by atoms with E-state index in [1.165, 1.54) is 10.1 Å². The fourth-order valence-electron chi connectivity index (χ4n) is 3.19. The average Bonchev–Trinajstić information content (AvgIpc) is 3.44. The Kier molecular flexibility index (Phi) is 6.06. The maximum atomic E-state index is 12.3. The third kappa shape index (κ3) is 4.51. The second-order valence-electron chi connectivity index (χ2n) is 6.58. The molecule has 140 valence electrons. The first-order valence-corrected chi connectivity index (χ1v) is 9.24. The van der Waals surface area contributed by atoms with Crippen LogP contribution in [0.3, 0.4) is 0 Å². The highest BCUT2D eigenvalue weighted by Crippen LogP contribution is 2.19. The number of aromatic nitrogens is 2. The minimum Gasteiger partial charge on any atom is -0.373 e. The molecule has 0 saturated carbocycles. The normalized spacial score (nSPS) is 16.0. The molecular formula is C20H26N2O4. The standard InChI is InChI=1S/C20H26N2O4/c1-3-17-18(22(13-25-4-2)20(24)21-19(17)23)11-15-7-5-6-14(10-15)8-9-16-12-26-16/h5-7,10,16H,3-4,8-9,11-13H2,1-2H3,(H,21,23,24). The van der Waals surface area contributed by atoms with Crippen LogP contribution in [-0.4, -0.2) is 28.9 Å². The molecule has 1 aliphatic heterocycles. The molecule has 1 unspecified atom stereocenters. The molecule has 0 aliphatic carbocycles. The van der Waals surface area contributed by atoms with Crippen molar-refractivity contribution in [3.63, 3.8) is 0 Å². The first-order valence-electron chi connectivity index (χ1n) is 9.24. The summed E-state index contributed by atoms with van der Waals surface area (Å²) in [5.41, 5.74) is 2.99. The van der Waals surface area contributed by atoms with Crippen LogP contribution in [0.25, 0.3) is 0 Å². The predicted molar refractivity (Wildman–Crippen MR) is 99.6 cm³/mol. The number of nitrogens with one attached hydrogen (secondary N) is 1. The lowest BCUT2D eigenvalue weighted by atomic mass is 10.00. The zero-order valence-corrected chi connectivity index (χ0v) is 15.4. The van der Waals surface area contributed by atoms with Gasteiger partial charge >= 0.3 is 5.69 Å². The summed E-state index contributed by atoms with van der Waals surface area (Å²) >= 11 is 0. The molecule has 0 amide bonds. The largest absolute Gasteiger partial charge is 0.373 e. The number of hydrogen-bond donors (Lipinski definition) is 1. The molecule has 6 heteroatoms. The van der Waals surface area contributed by atoms with Gasteiger partial charge in [-0.05, 0) is 37.3 Å². The zero-order valence-electron chi connectivity index (χ0n) is 15.4. The van der Waals surface area contributed by atoms with Crippen molar-refractivity contribution in [2.24, 2.45) is 0 Å². The summed E-state index contributed by atoms with van der Waals surface area (Å²) in [6.07, 6.45) is 3.51. The van der Waals surface area contributed by atoms with Crippen LogP contribution in [0.15, 0.2) is 33.9 Å². The van der Waals surface area contributed by atoms with Gasteiger partial charge in [-0.3, -0.25) is 14.3 Å². The van der Waals surface area contributed by atoms with E-state index in [4.69, 9.17) is 9.47 Å². The summed E-state index contributed by atoms with van der Waals surface area (Å²) in [5.74, 6) is 0. The highest BCUT2D eigenvalue weighted by Gasteiger charge is 2.21. The van der Waals surface area contributed by atoms with Crippen molar-refractivity contribution < 1.29 is 9.47 Å². The fourth-order valence-corrected chi connectivity index (χ4v) is 3.19. The van der Waals surface area contributed by atoms with Crippen LogP contribution >= 0.6 is 0 Å². The Labute approximate surface area is 152 Å². The Morgan fingerprint density at radius 3 is 2.73 bits per heavy atom. The van der Waals surface area contributed by atoms with E-state index in [-0.39, 0.29) is 12.3 Å². The number of hydrogen-bond acceptors (Lipinski definition) is 4. The van der Waals surface area contributed by atoms with Crippen LogP contribution in [0.2, 0.25) is 0 Å². The Morgan fingerprint density at radius 2 is 2.04 bits per heavy atom. The van der Waals surface area contributed by atoms with Gasteiger partial charge in [0.1, 0.15) is 6.73 Å². The second-order valence-corrected chi connectivity index (χ2v) is 6.58. The van der Waals surface area contributed by atoms with Gasteiger partial charge in [0.25, 0.3) is 5.56 Å². The van der Waals surface area contributed by atoms with Crippen LogP contribution < -0.4 is 11.2 Å². The maximum Gasteiger partial charge on any atom is 0.330 e. The first kappa shape index (κ1) is 18.6.